The number of fused-ring (bicyclic) bond motifs is 1. The summed E-state index contributed by atoms with van der Waals surface area (Å²) in [6, 6.07) is 0. The van der Waals surface area contributed by atoms with E-state index in [4.69, 9.17) is 9.47 Å². The fraction of sp³-hybridized carbons (Fsp3) is 0.714. The standard InChI is InChI=1S/C14H15F3O4/c1-5(2)11(18)20-9-7-4-13(14(15,16)17)8(6(7)3)10(9)21-12(13)19/h6-10H,1,4H2,2-3H3/t6-,7-,8?,9?,10?,13?/m1/s1. The van der Waals surface area contributed by atoms with Gasteiger partial charge in [0.2, 0.25) is 0 Å². The van der Waals surface area contributed by atoms with Crippen molar-refractivity contribution in [3.05, 3.63) is 12.2 Å². The van der Waals surface area contributed by atoms with E-state index in [2.05, 4.69) is 6.58 Å². The zero-order valence-corrected chi connectivity index (χ0v) is 11.6. The summed E-state index contributed by atoms with van der Waals surface area (Å²) in [6.45, 7) is 6.56. The largest absolute Gasteiger partial charge is 0.457 e. The molecule has 0 aromatic rings. The third-order valence-corrected chi connectivity index (χ3v) is 5.17. The maximum absolute atomic E-state index is 13.4. The summed E-state index contributed by atoms with van der Waals surface area (Å²) >= 11 is 0. The highest BCUT2D eigenvalue weighted by Crippen LogP contribution is 2.69. The number of rotatable bonds is 2. The first-order valence-electron chi connectivity index (χ1n) is 6.75. The molecule has 0 aromatic heterocycles. The maximum Gasteiger partial charge on any atom is 0.405 e. The topological polar surface area (TPSA) is 52.6 Å². The van der Waals surface area contributed by atoms with Crippen molar-refractivity contribution in [2.75, 3.05) is 0 Å². The van der Waals surface area contributed by atoms with Crippen molar-refractivity contribution in [2.24, 2.45) is 23.2 Å². The lowest BCUT2D eigenvalue weighted by molar-refractivity contribution is -0.231. The predicted octanol–water partition coefficient (Wildman–Crippen LogP) is 2.23. The molecule has 1 heterocycles. The van der Waals surface area contributed by atoms with E-state index in [1.165, 1.54) is 6.92 Å². The fourth-order valence-corrected chi connectivity index (χ4v) is 4.24. The second-order valence-electron chi connectivity index (χ2n) is 6.24. The van der Waals surface area contributed by atoms with Crippen LogP contribution in [-0.4, -0.2) is 30.3 Å². The molecule has 0 N–H and O–H groups in total. The van der Waals surface area contributed by atoms with Gasteiger partial charge >= 0.3 is 18.1 Å². The van der Waals surface area contributed by atoms with Crippen LogP contribution in [0.1, 0.15) is 20.3 Å². The van der Waals surface area contributed by atoms with E-state index < -0.39 is 47.6 Å². The van der Waals surface area contributed by atoms with Gasteiger partial charge in [-0.15, -0.1) is 0 Å². The second-order valence-corrected chi connectivity index (χ2v) is 6.24. The van der Waals surface area contributed by atoms with Gasteiger partial charge in [0.15, 0.2) is 5.41 Å². The zero-order valence-electron chi connectivity index (χ0n) is 11.6. The Morgan fingerprint density at radius 2 is 2.10 bits per heavy atom. The van der Waals surface area contributed by atoms with Gasteiger partial charge in [-0.3, -0.25) is 4.79 Å². The lowest BCUT2D eigenvalue weighted by Gasteiger charge is -2.33. The average molecular weight is 304 g/mol. The monoisotopic (exact) mass is 304 g/mol. The molecule has 2 aliphatic carbocycles. The van der Waals surface area contributed by atoms with E-state index in [9.17, 15) is 22.8 Å². The van der Waals surface area contributed by atoms with Gasteiger partial charge in [-0.1, -0.05) is 13.5 Å². The molecule has 7 heteroatoms. The quantitative estimate of drug-likeness (QED) is 0.580. The highest BCUT2D eigenvalue weighted by Gasteiger charge is 2.82. The molecule has 0 radical (unpaired) electrons. The molecule has 1 aliphatic heterocycles. The maximum atomic E-state index is 13.4. The third kappa shape index (κ3) is 1.57. The van der Waals surface area contributed by atoms with E-state index in [1.807, 2.05) is 0 Å². The number of ether oxygens (including phenoxy) is 2. The van der Waals surface area contributed by atoms with Gasteiger partial charge in [0.05, 0.1) is 0 Å². The number of esters is 2. The van der Waals surface area contributed by atoms with Gasteiger partial charge < -0.3 is 9.47 Å². The van der Waals surface area contributed by atoms with Gasteiger partial charge in [0.25, 0.3) is 0 Å². The molecule has 21 heavy (non-hydrogen) atoms. The van der Waals surface area contributed by atoms with Gasteiger partial charge in [-0.25, -0.2) is 4.79 Å². The molecular formula is C14H15F3O4. The second kappa shape index (κ2) is 4.01. The van der Waals surface area contributed by atoms with Crippen LogP contribution in [0.5, 0.6) is 0 Å². The smallest absolute Gasteiger partial charge is 0.405 e. The molecule has 4 unspecified atom stereocenters. The lowest BCUT2D eigenvalue weighted by atomic mass is 9.72. The van der Waals surface area contributed by atoms with Crippen LogP contribution in [0.15, 0.2) is 12.2 Å². The fourth-order valence-electron chi connectivity index (χ4n) is 4.24. The van der Waals surface area contributed by atoms with Crippen molar-refractivity contribution in [3.63, 3.8) is 0 Å². The molecule has 4 nitrogen and oxygen atoms in total. The van der Waals surface area contributed by atoms with Crippen LogP contribution in [0.25, 0.3) is 0 Å². The van der Waals surface area contributed by atoms with Crippen molar-refractivity contribution in [1.82, 2.24) is 0 Å². The van der Waals surface area contributed by atoms with E-state index in [-0.39, 0.29) is 17.9 Å². The Bertz CT molecular complexity index is 541. The highest BCUT2D eigenvalue weighted by molar-refractivity contribution is 5.87. The van der Waals surface area contributed by atoms with Gasteiger partial charge in [0, 0.05) is 17.4 Å². The summed E-state index contributed by atoms with van der Waals surface area (Å²) in [5.41, 5.74) is -2.26. The third-order valence-electron chi connectivity index (χ3n) is 5.17. The SMILES string of the molecule is C=C(C)C(=O)OC1C2OC(=O)C3(C(F)(F)F)C[C@@H]1[C@@H](C)C23. The summed E-state index contributed by atoms with van der Waals surface area (Å²) in [6.07, 6.45) is -6.82. The molecule has 3 rings (SSSR count). The van der Waals surface area contributed by atoms with Crippen LogP contribution in [-0.2, 0) is 19.1 Å². The lowest BCUT2D eigenvalue weighted by Crippen LogP contribution is -2.48. The van der Waals surface area contributed by atoms with E-state index in [1.54, 1.807) is 6.92 Å². The van der Waals surface area contributed by atoms with E-state index in [0.717, 1.165) is 0 Å². The minimum atomic E-state index is -4.64. The highest BCUT2D eigenvalue weighted by atomic mass is 19.4. The Morgan fingerprint density at radius 3 is 2.62 bits per heavy atom. The molecule has 6 atom stereocenters. The average Bonchev–Trinajstić information content (AvgIpc) is 2.87. The molecule has 3 fully saturated rings. The van der Waals surface area contributed by atoms with Crippen LogP contribution in [0.3, 0.4) is 0 Å². The zero-order chi connectivity index (χ0) is 15.7. The number of carbonyl (C=O) groups excluding carboxylic acids is 2. The van der Waals surface area contributed by atoms with Crippen LogP contribution in [0.2, 0.25) is 0 Å². The van der Waals surface area contributed by atoms with Crippen molar-refractivity contribution in [2.45, 2.75) is 38.7 Å². The minimum absolute atomic E-state index is 0.164. The molecule has 3 aliphatic rings. The van der Waals surface area contributed by atoms with Gasteiger partial charge in [-0.05, 0) is 19.3 Å². The van der Waals surface area contributed by atoms with E-state index >= 15 is 0 Å². The molecule has 116 valence electrons. The van der Waals surface area contributed by atoms with Crippen LogP contribution in [0.4, 0.5) is 13.2 Å². The molecule has 1 saturated heterocycles. The summed E-state index contributed by atoms with van der Waals surface area (Å²) in [7, 11) is 0. The van der Waals surface area contributed by atoms with E-state index in [0.29, 0.717) is 0 Å². The number of hydrogen-bond acceptors (Lipinski definition) is 4. The first-order chi connectivity index (χ1) is 9.61. The number of carbonyl (C=O) groups is 2. The molecule has 2 bridgehead atoms. The Balaban J connectivity index is 1.95. The van der Waals surface area contributed by atoms with Gasteiger partial charge in [0.1, 0.15) is 12.2 Å². The molecule has 0 aromatic carbocycles. The van der Waals surface area contributed by atoms with Crippen molar-refractivity contribution < 1.29 is 32.2 Å². The molecular weight excluding hydrogens is 289 g/mol. The Kier molecular flexibility index (Phi) is 2.75. The normalized spacial score (nSPS) is 43.9. The molecule has 2 saturated carbocycles. The van der Waals surface area contributed by atoms with Crippen LogP contribution < -0.4 is 0 Å². The van der Waals surface area contributed by atoms with Crippen LogP contribution >= 0.6 is 0 Å². The molecule has 0 spiro atoms. The van der Waals surface area contributed by atoms with Crippen LogP contribution in [0, 0.1) is 23.2 Å². The minimum Gasteiger partial charge on any atom is -0.457 e. The van der Waals surface area contributed by atoms with Gasteiger partial charge in [-0.2, -0.15) is 13.2 Å². The Labute approximate surface area is 119 Å². The molecule has 0 amide bonds. The number of alkyl halides is 3. The summed E-state index contributed by atoms with van der Waals surface area (Å²) in [4.78, 5) is 23.5. The summed E-state index contributed by atoms with van der Waals surface area (Å²) in [5, 5.41) is 0. The number of hydrogen-bond donors (Lipinski definition) is 0. The summed E-state index contributed by atoms with van der Waals surface area (Å²) < 4.78 is 50.5. The van der Waals surface area contributed by atoms with Crippen molar-refractivity contribution in [3.8, 4) is 0 Å². The first kappa shape index (κ1) is 14.4. The predicted molar refractivity (Wildman–Crippen MR) is 63.8 cm³/mol. The number of halogens is 3. The Morgan fingerprint density at radius 1 is 1.48 bits per heavy atom. The summed E-state index contributed by atoms with van der Waals surface area (Å²) in [5.74, 6) is -3.77. The van der Waals surface area contributed by atoms with Crippen molar-refractivity contribution in [1.29, 1.82) is 0 Å². The Hall–Kier alpha value is -1.53. The van der Waals surface area contributed by atoms with Crippen molar-refractivity contribution >= 4 is 11.9 Å². The first-order valence-corrected chi connectivity index (χ1v) is 6.75.